The number of allylic oxidation sites excluding steroid dienone is 1. The lowest BCUT2D eigenvalue weighted by atomic mass is 10.0. The van der Waals surface area contributed by atoms with Gasteiger partial charge in [-0.25, -0.2) is 4.98 Å². The highest BCUT2D eigenvalue weighted by molar-refractivity contribution is 7.19. The van der Waals surface area contributed by atoms with E-state index in [-0.39, 0.29) is 6.42 Å². The fourth-order valence-electron chi connectivity index (χ4n) is 3.32. The van der Waals surface area contributed by atoms with Crippen molar-refractivity contribution in [2.75, 3.05) is 0 Å². The number of carboxylic acids is 1. The van der Waals surface area contributed by atoms with Gasteiger partial charge < -0.3 is 5.11 Å². The van der Waals surface area contributed by atoms with Crippen molar-refractivity contribution < 1.29 is 9.90 Å². The van der Waals surface area contributed by atoms with E-state index in [0.29, 0.717) is 19.4 Å². The van der Waals surface area contributed by atoms with Crippen LogP contribution in [0.2, 0.25) is 0 Å². The van der Waals surface area contributed by atoms with Gasteiger partial charge in [-0.2, -0.15) is 10.4 Å². The number of aromatic nitrogens is 3. The van der Waals surface area contributed by atoms with Crippen LogP contribution < -0.4 is 0 Å². The average Bonchev–Trinajstić information content (AvgIpc) is 3.39. The van der Waals surface area contributed by atoms with Gasteiger partial charge in [-0.05, 0) is 30.2 Å². The fraction of sp³-hybridized carbons (Fsp3) is 0.167. The molecule has 0 radical (unpaired) electrons. The Balaban J connectivity index is 1.81. The SMILES string of the molecule is N#CCCn1cc(C=C(CCC(=O)O)c2nc3ccccc3s2)c(-c2ccccc2)n1. The zero-order chi connectivity index (χ0) is 21.6. The molecule has 0 aliphatic heterocycles. The molecular weight excluding hydrogens is 408 g/mol. The Morgan fingerprint density at radius 1 is 1.13 bits per heavy atom. The zero-order valence-corrected chi connectivity index (χ0v) is 17.5. The van der Waals surface area contributed by atoms with Crippen molar-refractivity contribution in [1.29, 1.82) is 5.26 Å². The van der Waals surface area contributed by atoms with Crippen molar-refractivity contribution in [2.24, 2.45) is 0 Å². The predicted octanol–water partition coefficient (Wildman–Crippen LogP) is 5.48. The van der Waals surface area contributed by atoms with Crippen molar-refractivity contribution in [3.05, 3.63) is 71.4 Å². The molecule has 154 valence electrons. The van der Waals surface area contributed by atoms with Crippen LogP contribution in [0.3, 0.4) is 0 Å². The third-order valence-electron chi connectivity index (χ3n) is 4.80. The van der Waals surface area contributed by atoms with E-state index in [4.69, 9.17) is 15.3 Å². The summed E-state index contributed by atoms with van der Waals surface area (Å²) in [5.41, 5.74) is 4.40. The molecule has 2 aromatic carbocycles. The van der Waals surface area contributed by atoms with Gasteiger partial charge >= 0.3 is 5.97 Å². The molecule has 0 amide bonds. The smallest absolute Gasteiger partial charge is 0.303 e. The second kappa shape index (κ2) is 9.37. The minimum Gasteiger partial charge on any atom is -0.481 e. The number of rotatable bonds is 8. The number of hydrogen-bond donors (Lipinski definition) is 1. The second-order valence-corrected chi connectivity index (χ2v) is 8.05. The standard InChI is InChI=1S/C24H20N4O2S/c25-13-6-14-28-16-19(23(27-28)17-7-2-1-3-8-17)15-18(11-12-22(29)30)24-26-20-9-4-5-10-21(20)31-24/h1-5,7-10,15-16H,6,11-12,14H2,(H,29,30). The molecule has 4 aromatic rings. The molecule has 0 spiro atoms. The van der Waals surface area contributed by atoms with Crippen molar-refractivity contribution in [1.82, 2.24) is 14.8 Å². The number of nitriles is 1. The van der Waals surface area contributed by atoms with E-state index in [0.717, 1.165) is 37.6 Å². The Morgan fingerprint density at radius 2 is 1.90 bits per heavy atom. The summed E-state index contributed by atoms with van der Waals surface area (Å²) in [6.45, 7) is 0.496. The summed E-state index contributed by atoms with van der Waals surface area (Å²) in [4.78, 5) is 16.0. The van der Waals surface area contributed by atoms with E-state index in [2.05, 4.69) is 6.07 Å². The summed E-state index contributed by atoms with van der Waals surface area (Å²) >= 11 is 1.56. The van der Waals surface area contributed by atoms with Crippen molar-refractivity contribution >= 4 is 39.2 Å². The molecule has 0 aliphatic carbocycles. The van der Waals surface area contributed by atoms with Gasteiger partial charge in [-0.15, -0.1) is 11.3 Å². The summed E-state index contributed by atoms with van der Waals surface area (Å²) in [5, 5.41) is 23.7. The molecule has 31 heavy (non-hydrogen) atoms. The largest absolute Gasteiger partial charge is 0.481 e. The number of thiazole rings is 1. The predicted molar refractivity (Wildman–Crippen MR) is 122 cm³/mol. The summed E-state index contributed by atoms with van der Waals surface area (Å²) < 4.78 is 2.83. The van der Waals surface area contributed by atoms with Crippen molar-refractivity contribution in [3.8, 4) is 17.3 Å². The first-order chi connectivity index (χ1) is 15.1. The van der Waals surface area contributed by atoms with Gasteiger partial charge in [-0.1, -0.05) is 42.5 Å². The van der Waals surface area contributed by atoms with Crippen LogP contribution in [-0.2, 0) is 11.3 Å². The van der Waals surface area contributed by atoms with Crippen LogP contribution in [-0.4, -0.2) is 25.8 Å². The first-order valence-corrected chi connectivity index (χ1v) is 10.7. The lowest BCUT2D eigenvalue weighted by Crippen LogP contribution is -1.97. The minimum atomic E-state index is -0.847. The zero-order valence-electron chi connectivity index (χ0n) is 16.7. The van der Waals surface area contributed by atoms with E-state index < -0.39 is 5.97 Å². The molecule has 0 bridgehead atoms. The highest BCUT2D eigenvalue weighted by atomic mass is 32.1. The van der Waals surface area contributed by atoms with E-state index in [9.17, 15) is 9.90 Å². The Bertz CT molecular complexity index is 1250. The molecular formula is C24H20N4O2S. The van der Waals surface area contributed by atoms with Crippen LogP contribution in [0.25, 0.3) is 33.1 Å². The molecule has 0 saturated carbocycles. The molecule has 0 saturated heterocycles. The van der Waals surface area contributed by atoms with E-state index in [1.165, 1.54) is 0 Å². The maximum atomic E-state index is 11.3. The van der Waals surface area contributed by atoms with E-state index in [1.807, 2.05) is 66.9 Å². The summed E-state index contributed by atoms with van der Waals surface area (Å²) in [6, 6.07) is 19.9. The topological polar surface area (TPSA) is 91.8 Å². The molecule has 2 aromatic heterocycles. The number of nitrogens with zero attached hydrogens (tertiary/aromatic N) is 4. The number of fused-ring (bicyclic) bond motifs is 1. The number of carboxylic acid groups (broad SMARTS) is 1. The lowest BCUT2D eigenvalue weighted by Gasteiger charge is -2.04. The first-order valence-electron chi connectivity index (χ1n) is 9.92. The quantitative estimate of drug-likeness (QED) is 0.401. The van der Waals surface area contributed by atoms with Gasteiger partial charge in [0.05, 0.1) is 34.9 Å². The van der Waals surface area contributed by atoms with Gasteiger partial charge in [-0.3, -0.25) is 9.48 Å². The summed E-state index contributed by atoms with van der Waals surface area (Å²) in [7, 11) is 0. The Labute approximate surface area is 183 Å². The van der Waals surface area contributed by atoms with E-state index >= 15 is 0 Å². The second-order valence-electron chi connectivity index (χ2n) is 7.02. The van der Waals surface area contributed by atoms with Gasteiger partial charge in [0, 0.05) is 23.7 Å². The Kier molecular flexibility index (Phi) is 6.20. The molecule has 0 aliphatic rings. The van der Waals surface area contributed by atoms with Crippen LogP contribution in [0.5, 0.6) is 0 Å². The maximum Gasteiger partial charge on any atom is 0.303 e. The molecule has 4 rings (SSSR count). The molecule has 7 heteroatoms. The molecule has 1 N–H and O–H groups in total. The molecule has 0 unspecified atom stereocenters. The summed E-state index contributed by atoms with van der Waals surface area (Å²) in [6.07, 6.45) is 4.65. The normalized spacial score (nSPS) is 11.5. The highest BCUT2D eigenvalue weighted by Crippen LogP contribution is 2.33. The van der Waals surface area contributed by atoms with Crippen LogP contribution in [0.4, 0.5) is 0 Å². The average molecular weight is 429 g/mol. The van der Waals surface area contributed by atoms with Crippen molar-refractivity contribution in [3.63, 3.8) is 0 Å². The number of aliphatic carboxylic acids is 1. The van der Waals surface area contributed by atoms with Gasteiger partial charge in [0.1, 0.15) is 5.01 Å². The maximum absolute atomic E-state index is 11.3. The Morgan fingerprint density at radius 3 is 2.65 bits per heavy atom. The highest BCUT2D eigenvalue weighted by Gasteiger charge is 2.15. The minimum absolute atomic E-state index is 0.0188. The number of para-hydroxylation sites is 1. The third-order valence-corrected chi connectivity index (χ3v) is 5.91. The fourth-order valence-corrected chi connectivity index (χ4v) is 4.33. The number of benzene rings is 2. The van der Waals surface area contributed by atoms with Crippen LogP contribution in [0, 0.1) is 11.3 Å². The van der Waals surface area contributed by atoms with Gasteiger partial charge in [0.25, 0.3) is 0 Å². The number of hydrogen-bond acceptors (Lipinski definition) is 5. The number of carbonyl (C=O) groups is 1. The third kappa shape index (κ3) is 4.87. The first kappa shape index (κ1) is 20.5. The Hall–Kier alpha value is -3.76. The van der Waals surface area contributed by atoms with Gasteiger partial charge in [0.2, 0.25) is 0 Å². The van der Waals surface area contributed by atoms with Crippen molar-refractivity contribution in [2.45, 2.75) is 25.8 Å². The van der Waals surface area contributed by atoms with Gasteiger partial charge in [0.15, 0.2) is 0 Å². The monoisotopic (exact) mass is 428 g/mol. The molecule has 6 nitrogen and oxygen atoms in total. The summed E-state index contributed by atoms with van der Waals surface area (Å²) in [5.74, 6) is -0.847. The number of aryl methyl sites for hydroxylation is 1. The molecule has 2 heterocycles. The lowest BCUT2D eigenvalue weighted by molar-refractivity contribution is -0.136. The molecule has 0 fully saturated rings. The molecule has 0 atom stereocenters. The van der Waals surface area contributed by atoms with Crippen LogP contribution >= 0.6 is 11.3 Å². The van der Waals surface area contributed by atoms with E-state index in [1.54, 1.807) is 16.0 Å². The van der Waals surface area contributed by atoms with Crippen LogP contribution in [0.15, 0.2) is 60.8 Å². The van der Waals surface area contributed by atoms with Crippen LogP contribution in [0.1, 0.15) is 29.8 Å².